The lowest BCUT2D eigenvalue weighted by Crippen LogP contribution is -2.41. The first kappa shape index (κ1) is 21.0. The van der Waals surface area contributed by atoms with Crippen molar-refractivity contribution in [2.75, 3.05) is 6.61 Å². The summed E-state index contributed by atoms with van der Waals surface area (Å²) in [6, 6.07) is 0. The zero-order valence-corrected chi connectivity index (χ0v) is 17.7. The highest BCUT2D eigenvalue weighted by atomic mass is 35.5. The average molecular weight is 359 g/mol. The highest BCUT2D eigenvalue weighted by molar-refractivity contribution is 6.74. The summed E-state index contributed by atoms with van der Waals surface area (Å²) in [5, 5.41) is 10.8. The molecule has 0 fully saturated rings. The van der Waals surface area contributed by atoms with Gasteiger partial charge in [0.1, 0.15) is 0 Å². The van der Waals surface area contributed by atoms with E-state index in [2.05, 4.69) is 53.8 Å². The van der Waals surface area contributed by atoms with Crippen molar-refractivity contribution >= 4 is 19.9 Å². The van der Waals surface area contributed by atoms with Gasteiger partial charge in [0.25, 0.3) is 0 Å². The number of hydrogen-bond donors (Lipinski definition) is 1. The maximum Gasteiger partial charge on any atom is 0.191 e. The lowest BCUT2D eigenvalue weighted by Gasteiger charge is -2.37. The smallest absolute Gasteiger partial charge is 0.191 e. The normalized spacial score (nSPS) is 28.0. The number of aliphatic hydroxyl groups is 1. The second-order valence-electron chi connectivity index (χ2n) is 8.80. The van der Waals surface area contributed by atoms with E-state index < -0.39 is 8.32 Å². The summed E-state index contributed by atoms with van der Waals surface area (Å²) >= 11 is 6.42. The third-order valence-electron chi connectivity index (χ3n) is 5.65. The Hall–Kier alpha value is -0.0931. The highest BCUT2D eigenvalue weighted by Gasteiger charge is 2.37. The molecule has 0 aromatic heterocycles. The molecule has 0 bridgehead atoms. The third kappa shape index (κ3) is 5.74. The largest absolute Gasteiger partial charge is 0.417 e. The third-order valence-corrected chi connectivity index (χ3v) is 10.8. The molecule has 23 heavy (non-hydrogen) atoms. The van der Waals surface area contributed by atoms with E-state index in [1.807, 2.05) is 18.2 Å². The Kier molecular flexibility index (Phi) is 7.16. The van der Waals surface area contributed by atoms with Crippen LogP contribution in [-0.2, 0) is 4.43 Å². The molecule has 0 amide bonds. The van der Waals surface area contributed by atoms with Gasteiger partial charge in [-0.25, -0.2) is 0 Å². The van der Waals surface area contributed by atoms with Crippen LogP contribution in [-0.4, -0.2) is 31.5 Å². The molecule has 1 N–H and O–H groups in total. The summed E-state index contributed by atoms with van der Waals surface area (Å²) in [5.74, 6) is 0.208. The first-order chi connectivity index (χ1) is 10.4. The number of alkyl halides is 1. The summed E-state index contributed by atoms with van der Waals surface area (Å²) in [4.78, 5) is 0. The van der Waals surface area contributed by atoms with Crippen molar-refractivity contribution < 1.29 is 9.53 Å². The number of hydrogen-bond acceptors (Lipinski definition) is 2. The molecule has 1 rings (SSSR count). The van der Waals surface area contributed by atoms with Crippen molar-refractivity contribution in [3.8, 4) is 0 Å². The van der Waals surface area contributed by atoms with Crippen LogP contribution in [0.25, 0.3) is 0 Å². The molecular weight excluding hydrogens is 324 g/mol. The minimum Gasteiger partial charge on any atom is -0.417 e. The Bertz CT molecular complexity index is 439. The van der Waals surface area contributed by atoms with E-state index in [1.165, 1.54) is 0 Å². The predicted molar refractivity (Wildman–Crippen MR) is 104 cm³/mol. The molecule has 0 aliphatic heterocycles. The maximum absolute atomic E-state index is 10.6. The average Bonchev–Trinajstić information content (AvgIpc) is 2.40. The number of aliphatic hydroxyl groups excluding tert-OH is 1. The van der Waals surface area contributed by atoms with Gasteiger partial charge in [-0.15, -0.1) is 11.6 Å². The number of allylic oxidation sites excluding steroid dienone is 4. The van der Waals surface area contributed by atoms with Gasteiger partial charge >= 0.3 is 0 Å². The molecule has 0 spiro atoms. The van der Waals surface area contributed by atoms with Crippen LogP contribution in [0.3, 0.4) is 0 Å². The first-order valence-electron chi connectivity index (χ1n) is 8.71. The summed E-state index contributed by atoms with van der Waals surface area (Å²) in [5.41, 5.74) is -0.176. The second-order valence-corrected chi connectivity index (χ2v) is 14.1. The van der Waals surface area contributed by atoms with Crippen LogP contribution in [0.1, 0.15) is 47.5 Å². The first-order valence-corrected chi connectivity index (χ1v) is 12.1. The Morgan fingerprint density at radius 1 is 1.30 bits per heavy atom. The zero-order chi connectivity index (χ0) is 17.9. The van der Waals surface area contributed by atoms with Crippen LogP contribution >= 0.6 is 11.6 Å². The van der Waals surface area contributed by atoms with E-state index in [1.54, 1.807) is 0 Å². The van der Waals surface area contributed by atoms with Gasteiger partial charge < -0.3 is 9.53 Å². The van der Waals surface area contributed by atoms with Gasteiger partial charge in [0.15, 0.2) is 8.32 Å². The van der Waals surface area contributed by atoms with E-state index >= 15 is 0 Å². The van der Waals surface area contributed by atoms with E-state index in [9.17, 15) is 5.11 Å². The van der Waals surface area contributed by atoms with Crippen molar-refractivity contribution in [2.45, 2.75) is 77.1 Å². The van der Waals surface area contributed by atoms with Crippen LogP contribution in [0.5, 0.6) is 0 Å². The second kappa shape index (κ2) is 7.86. The molecule has 1 aliphatic carbocycles. The SMILES string of the molecule is C[C@@H](CCO[Si](C)(C)C(C)(C)C)[C@@H](O)CC1(C)C=CC=CC1Cl. The molecule has 2 unspecified atom stereocenters. The van der Waals surface area contributed by atoms with Crippen molar-refractivity contribution in [1.29, 1.82) is 0 Å². The predicted octanol–water partition coefficient (Wildman–Crippen LogP) is 5.53. The van der Waals surface area contributed by atoms with E-state index in [4.69, 9.17) is 16.0 Å². The summed E-state index contributed by atoms with van der Waals surface area (Å²) in [6.07, 6.45) is 9.32. The molecule has 0 saturated carbocycles. The van der Waals surface area contributed by atoms with Gasteiger partial charge in [-0.05, 0) is 36.9 Å². The van der Waals surface area contributed by atoms with Crippen LogP contribution < -0.4 is 0 Å². The molecule has 134 valence electrons. The lowest BCUT2D eigenvalue weighted by atomic mass is 9.76. The van der Waals surface area contributed by atoms with Crippen molar-refractivity contribution in [3.63, 3.8) is 0 Å². The molecule has 4 atom stereocenters. The monoisotopic (exact) mass is 358 g/mol. The van der Waals surface area contributed by atoms with Crippen molar-refractivity contribution in [3.05, 3.63) is 24.3 Å². The van der Waals surface area contributed by atoms with Crippen LogP contribution in [0.2, 0.25) is 18.1 Å². The maximum atomic E-state index is 10.6. The fraction of sp³-hybridized carbons (Fsp3) is 0.789. The molecular formula is C19H35ClO2Si. The van der Waals surface area contributed by atoms with Crippen molar-refractivity contribution in [2.24, 2.45) is 11.3 Å². The standard InChI is InChI=1S/C19H35ClO2Si/c1-15(11-13-22-23(6,7)18(2,3)4)16(21)14-19(5)12-9-8-10-17(19)20/h8-10,12,15-17,21H,11,13-14H2,1-7H3/t15-,16-,17?,19?/m0/s1. The van der Waals surface area contributed by atoms with E-state index in [0.29, 0.717) is 6.42 Å². The quantitative estimate of drug-likeness (QED) is 0.479. The van der Waals surface area contributed by atoms with Gasteiger partial charge in [-0.1, -0.05) is 58.9 Å². The topological polar surface area (TPSA) is 29.5 Å². The number of halogens is 1. The summed E-state index contributed by atoms with van der Waals surface area (Å²) in [7, 11) is -1.70. The Balaban J connectivity index is 2.48. The number of rotatable bonds is 7. The molecule has 0 saturated heterocycles. The van der Waals surface area contributed by atoms with Gasteiger partial charge in [0.2, 0.25) is 0 Å². The highest BCUT2D eigenvalue weighted by Crippen LogP contribution is 2.39. The van der Waals surface area contributed by atoms with Gasteiger partial charge in [0, 0.05) is 12.0 Å². The van der Waals surface area contributed by atoms with Crippen LogP contribution in [0, 0.1) is 11.3 Å². The van der Waals surface area contributed by atoms with Gasteiger partial charge in [0.05, 0.1) is 11.5 Å². The minimum atomic E-state index is -1.70. The molecule has 0 radical (unpaired) electrons. The van der Waals surface area contributed by atoms with Crippen LogP contribution in [0.4, 0.5) is 0 Å². The van der Waals surface area contributed by atoms with Crippen LogP contribution in [0.15, 0.2) is 24.3 Å². The zero-order valence-electron chi connectivity index (χ0n) is 15.9. The fourth-order valence-corrected chi connectivity index (χ4v) is 3.80. The summed E-state index contributed by atoms with van der Waals surface area (Å²) < 4.78 is 6.23. The van der Waals surface area contributed by atoms with Crippen molar-refractivity contribution in [1.82, 2.24) is 0 Å². The molecule has 4 heteroatoms. The Labute approximate surface area is 149 Å². The fourth-order valence-electron chi connectivity index (χ4n) is 2.49. The molecule has 1 aliphatic rings. The lowest BCUT2D eigenvalue weighted by molar-refractivity contribution is 0.0656. The molecule has 0 heterocycles. The van der Waals surface area contributed by atoms with Gasteiger partial charge in [-0.2, -0.15) is 0 Å². The molecule has 0 aromatic carbocycles. The van der Waals surface area contributed by atoms with Gasteiger partial charge in [-0.3, -0.25) is 0 Å². The molecule has 0 aromatic rings. The molecule has 2 nitrogen and oxygen atoms in total. The minimum absolute atomic E-state index is 0.0576. The van der Waals surface area contributed by atoms with E-state index in [-0.39, 0.29) is 27.9 Å². The Morgan fingerprint density at radius 2 is 1.91 bits per heavy atom. The Morgan fingerprint density at radius 3 is 2.43 bits per heavy atom. The van der Waals surface area contributed by atoms with E-state index in [0.717, 1.165) is 13.0 Å². The summed E-state index contributed by atoms with van der Waals surface area (Å²) in [6.45, 7) is 16.2.